The molecule has 15 nitrogen and oxygen atoms in total. The number of carbonyl (C=O) groups is 4. The number of imidazole rings is 2. The molecule has 0 aliphatic carbocycles. The van der Waals surface area contributed by atoms with Crippen molar-refractivity contribution in [3.63, 3.8) is 0 Å². The van der Waals surface area contributed by atoms with Gasteiger partial charge in [0.05, 0.1) is 60.7 Å². The number of amides is 4. The molecule has 3 aromatic heterocycles. The van der Waals surface area contributed by atoms with E-state index in [0.29, 0.717) is 30.8 Å². The number of benzene rings is 3. The van der Waals surface area contributed by atoms with E-state index in [4.69, 9.17) is 14.7 Å². The number of carboxylic acid groups (broad SMARTS) is 1. The lowest BCUT2D eigenvalue weighted by Crippen LogP contribution is -2.49. The Bertz CT molecular complexity index is 2750. The van der Waals surface area contributed by atoms with Crippen molar-refractivity contribution in [1.29, 1.82) is 0 Å². The molecule has 6 heterocycles. The maximum absolute atomic E-state index is 14.8. The van der Waals surface area contributed by atoms with Gasteiger partial charge in [0, 0.05) is 30.0 Å². The number of alkyl halides is 2. The first-order valence-electron chi connectivity index (χ1n) is 20.8. The van der Waals surface area contributed by atoms with Crippen LogP contribution in [0.4, 0.5) is 24.1 Å². The fraction of sp³-hybridized carbons (Fsp3) is 0.326. The molecule has 0 unspecified atom stereocenters. The van der Waals surface area contributed by atoms with Gasteiger partial charge in [-0.2, -0.15) is 0 Å². The van der Waals surface area contributed by atoms with E-state index in [-0.39, 0.29) is 24.1 Å². The number of alkyl carbamates (subject to hydrolysis) is 1. The van der Waals surface area contributed by atoms with Crippen LogP contribution < -0.4 is 15.5 Å². The van der Waals surface area contributed by atoms with Crippen molar-refractivity contribution in [2.75, 3.05) is 18.6 Å². The number of para-hydroxylation sites is 1. The first-order chi connectivity index (χ1) is 30.2. The Kier molecular flexibility index (Phi) is 10.6. The Morgan fingerprint density at radius 3 is 2.29 bits per heavy atom. The summed E-state index contributed by atoms with van der Waals surface area (Å²) in [7, 11) is 1.28. The van der Waals surface area contributed by atoms with E-state index in [1.165, 1.54) is 7.11 Å². The van der Waals surface area contributed by atoms with Crippen LogP contribution in [0.25, 0.3) is 44.5 Å². The van der Waals surface area contributed by atoms with Crippen LogP contribution in [0, 0.1) is 5.92 Å². The van der Waals surface area contributed by atoms with Gasteiger partial charge in [0.25, 0.3) is 5.92 Å². The minimum Gasteiger partial charge on any atom is -0.465 e. The number of nitrogens with zero attached hydrogens (tertiary/aromatic N) is 5. The number of carbonyl (C=O) groups excluding carboxylic acids is 3. The molecule has 0 saturated carbocycles. The second-order valence-electron chi connectivity index (χ2n) is 16.8. The number of hydrogen-bond acceptors (Lipinski definition) is 8. The molecule has 3 aliphatic heterocycles. The number of methoxy groups -OCH3 is 1. The molecule has 3 aliphatic rings. The van der Waals surface area contributed by atoms with E-state index in [0.717, 1.165) is 60.6 Å². The van der Waals surface area contributed by atoms with Crippen LogP contribution in [-0.2, 0) is 27.2 Å². The predicted molar refractivity (Wildman–Crippen MR) is 229 cm³/mol. The lowest BCUT2D eigenvalue weighted by atomic mass is 10.0. The van der Waals surface area contributed by atoms with Crippen LogP contribution in [0.2, 0.25) is 0 Å². The van der Waals surface area contributed by atoms with E-state index < -0.39 is 61.1 Å². The number of pyridine rings is 1. The molecule has 5 N–H and O–H groups in total. The van der Waals surface area contributed by atoms with Gasteiger partial charge in [-0.25, -0.2) is 28.3 Å². The van der Waals surface area contributed by atoms with E-state index in [9.17, 15) is 33.1 Å². The number of H-pyrrole nitrogens is 2. The smallest absolute Gasteiger partial charge is 0.407 e. The maximum atomic E-state index is 14.8. The summed E-state index contributed by atoms with van der Waals surface area (Å²) >= 11 is 0. The number of rotatable bonds is 10. The van der Waals surface area contributed by atoms with Crippen molar-refractivity contribution in [2.24, 2.45) is 5.92 Å². The minimum atomic E-state index is -3.17. The SMILES string of the molecule is COC(=O)N[C@H]1CCc2cccc3c2N(C1=O)[C@H](c1ncc(-c2cnc4cc(-c5ccc(-c6cnc([C@@H]7CC(F)(F)CN7C(=O)[C@H](CC(C)C)NC(=O)O)[nH]6)cc5)ccc4c2)[nH]1)C3. The topological polar surface area (TPSA) is 199 Å². The van der Waals surface area contributed by atoms with Gasteiger partial charge >= 0.3 is 12.2 Å². The van der Waals surface area contributed by atoms with E-state index in [1.54, 1.807) is 23.5 Å². The number of fused-ring (bicyclic) bond motifs is 1. The summed E-state index contributed by atoms with van der Waals surface area (Å²) in [5, 5.41) is 15.1. The molecule has 324 valence electrons. The molecule has 4 amide bonds. The zero-order chi connectivity index (χ0) is 44.2. The molecule has 0 spiro atoms. The molecule has 63 heavy (non-hydrogen) atoms. The molecular formula is C46H45F2N9O6. The average molecular weight is 858 g/mol. The fourth-order valence-electron chi connectivity index (χ4n) is 9.12. The Morgan fingerprint density at radius 1 is 0.889 bits per heavy atom. The zero-order valence-electron chi connectivity index (χ0n) is 34.7. The first kappa shape index (κ1) is 41.2. The lowest BCUT2D eigenvalue weighted by Gasteiger charge is -2.28. The third-order valence-electron chi connectivity index (χ3n) is 12.1. The summed E-state index contributed by atoms with van der Waals surface area (Å²) in [6.07, 6.45) is 4.21. The predicted octanol–water partition coefficient (Wildman–Crippen LogP) is 7.57. The highest BCUT2D eigenvalue weighted by Gasteiger charge is 2.50. The summed E-state index contributed by atoms with van der Waals surface area (Å²) < 4.78 is 34.4. The van der Waals surface area contributed by atoms with Gasteiger partial charge in [-0.15, -0.1) is 0 Å². The van der Waals surface area contributed by atoms with E-state index in [1.807, 2.05) is 80.6 Å². The molecule has 0 radical (unpaired) electrons. The maximum Gasteiger partial charge on any atom is 0.407 e. The van der Waals surface area contributed by atoms with Crippen molar-refractivity contribution in [1.82, 2.24) is 40.5 Å². The first-order valence-corrected chi connectivity index (χ1v) is 20.8. The molecule has 3 aromatic carbocycles. The molecule has 6 aromatic rings. The van der Waals surface area contributed by atoms with E-state index >= 15 is 0 Å². The van der Waals surface area contributed by atoms with Gasteiger partial charge in [0.15, 0.2) is 0 Å². The summed E-state index contributed by atoms with van der Waals surface area (Å²) in [6.45, 7) is 2.82. The van der Waals surface area contributed by atoms with Gasteiger partial charge in [0.1, 0.15) is 23.7 Å². The van der Waals surface area contributed by atoms with Crippen molar-refractivity contribution in [3.8, 4) is 33.6 Å². The van der Waals surface area contributed by atoms with E-state index in [2.05, 4.69) is 25.6 Å². The molecule has 4 atom stereocenters. The van der Waals surface area contributed by atoms with Crippen LogP contribution in [-0.4, -0.2) is 90.6 Å². The van der Waals surface area contributed by atoms with Gasteiger partial charge in [-0.3, -0.25) is 19.5 Å². The fourth-order valence-corrected chi connectivity index (χ4v) is 9.12. The monoisotopic (exact) mass is 857 g/mol. The molecule has 9 rings (SSSR count). The number of ether oxygens (including phenoxy) is 1. The van der Waals surface area contributed by atoms with Crippen molar-refractivity contribution < 1.29 is 37.8 Å². The standard InChI is InChI=1S/C46H45F2N9O6/c1-24(2)15-34(54-44(60)61)42(58)56-23-46(47,48)19-38(56)41-51-21-35(52-41)26-9-7-25(8-10-26)28-11-12-29-16-31(20-49-33(29)17-28)36-22-50-40(53-36)37-18-30-6-4-5-27-13-14-32(55-45(62)63-3)43(59)57(37)39(27)30/h4-12,16-17,20-22,24,32,34,37-38,54H,13-15,18-19,23H2,1-3H3,(H,50,53)(H,51,52)(H,55,62)(H,60,61)/t32-,34-,37-,38-/m0/s1. The lowest BCUT2D eigenvalue weighted by molar-refractivity contribution is -0.136. The largest absolute Gasteiger partial charge is 0.465 e. The number of aromatic nitrogens is 5. The molecule has 1 fully saturated rings. The normalized spacial score (nSPS) is 19.5. The number of likely N-dealkylation sites (tertiary alicyclic amines) is 1. The highest BCUT2D eigenvalue weighted by molar-refractivity contribution is 6.02. The van der Waals surface area contributed by atoms with Gasteiger partial charge in [-0.1, -0.05) is 68.4 Å². The quantitative estimate of drug-likeness (QED) is 0.0922. The molecular weight excluding hydrogens is 813 g/mol. The summed E-state index contributed by atoms with van der Waals surface area (Å²) in [5.41, 5.74) is 8.52. The Hall–Kier alpha value is -7.17. The number of hydrogen-bond donors (Lipinski definition) is 5. The number of anilines is 1. The minimum absolute atomic E-state index is 0.0527. The van der Waals surface area contributed by atoms with Gasteiger partial charge in [0.2, 0.25) is 11.8 Å². The van der Waals surface area contributed by atoms with Crippen LogP contribution in [0.15, 0.2) is 85.3 Å². The molecule has 17 heteroatoms. The molecule has 1 saturated heterocycles. The average Bonchev–Trinajstić information content (AvgIpc) is 4.07. The summed E-state index contributed by atoms with van der Waals surface area (Å²) in [6, 6.07) is 18.4. The highest BCUT2D eigenvalue weighted by Crippen LogP contribution is 2.45. The Balaban J connectivity index is 0.906. The van der Waals surface area contributed by atoms with Crippen LogP contribution in [0.3, 0.4) is 0 Å². The van der Waals surface area contributed by atoms with Gasteiger partial charge in [-0.05, 0) is 65.1 Å². The van der Waals surface area contributed by atoms with Gasteiger partial charge < -0.3 is 35.3 Å². The number of halogens is 2. The zero-order valence-corrected chi connectivity index (χ0v) is 34.7. The number of nitrogens with one attached hydrogen (secondary N) is 4. The number of aryl methyl sites for hydroxylation is 1. The Morgan fingerprint density at radius 2 is 1.57 bits per heavy atom. The van der Waals surface area contributed by atoms with Crippen molar-refractivity contribution in [3.05, 3.63) is 108 Å². The third-order valence-corrected chi connectivity index (χ3v) is 12.1. The van der Waals surface area contributed by atoms with Crippen LogP contribution in [0.1, 0.15) is 68.0 Å². The summed E-state index contributed by atoms with van der Waals surface area (Å²) in [4.78, 5) is 74.3. The molecule has 0 bridgehead atoms. The van der Waals surface area contributed by atoms with Crippen molar-refractivity contribution in [2.45, 2.75) is 76.0 Å². The Labute approximate surface area is 360 Å². The third kappa shape index (κ3) is 8.06. The van der Waals surface area contributed by atoms with Crippen LogP contribution >= 0.6 is 0 Å². The van der Waals surface area contributed by atoms with Crippen LogP contribution in [0.5, 0.6) is 0 Å². The second-order valence-corrected chi connectivity index (χ2v) is 16.8. The highest BCUT2D eigenvalue weighted by atomic mass is 19.3. The summed E-state index contributed by atoms with van der Waals surface area (Å²) in [5.74, 6) is -3.31. The van der Waals surface area contributed by atoms with Crippen molar-refractivity contribution >= 4 is 40.6 Å². The second kappa shape index (κ2) is 16.3. The number of aromatic amines is 2.